The van der Waals surface area contributed by atoms with E-state index in [-0.39, 0.29) is 22.2 Å². The highest BCUT2D eigenvalue weighted by Gasteiger charge is 2.46. The molecule has 4 aromatic carbocycles. The van der Waals surface area contributed by atoms with Crippen molar-refractivity contribution >= 4 is 39.1 Å². The van der Waals surface area contributed by atoms with Gasteiger partial charge in [0.05, 0.1) is 10.5 Å². The first-order chi connectivity index (χ1) is 13.2. The summed E-state index contributed by atoms with van der Waals surface area (Å²) >= 11 is 1.84. The Bertz CT molecular complexity index is 1170. The van der Waals surface area contributed by atoms with Crippen molar-refractivity contribution in [1.82, 2.24) is 0 Å². The summed E-state index contributed by atoms with van der Waals surface area (Å²) in [5.74, 6) is 0.435. The Labute approximate surface area is 162 Å². The molecule has 2 aliphatic heterocycles. The van der Waals surface area contributed by atoms with Crippen LogP contribution in [-0.4, -0.2) is 11.0 Å². The minimum atomic E-state index is 0.0114. The quantitative estimate of drug-likeness (QED) is 0.397. The van der Waals surface area contributed by atoms with Gasteiger partial charge in [-0.3, -0.25) is 4.79 Å². The van der Waals surface area contributed by atoms with E-state index >= 15 is 0 Å². The number of hydrogen-bond acceptors (Lipinski definition) is 2. The van der Waals surface area contributed by atoms with Crippen LogP contribution in [0.25, 0.3) is 21.5 Å². The number of benzene rings is 4. The van der Waals surface area contributed by atoms with Crippen molar-refractivity contribution in [3.63, 3.8) is 0 Å². The topological polar surface area (TPSA) is 17.1 Å². The zero-order valence-corrected chi connectivity index (χ0v) is 15.8. The van der Waals surface area contributed by atoms with Gasteiger partial charge in [-0.15, -0.1) is 11.8 Å². The Hall–Kier alpha value is -2.58. The summed E-state index contributed by atoms with van der Waals surface area (Å²) < 4.78 is 0. The third kappa shape index (κ3) is 2.11. The molecular formula is C25H18OS. The molecule has 27 heavy (non-hydrogen) atoms. The number of thioether (sulfide) groups is 1. The van der Waals surface area contributed by atoms with Gasteiger partial charge in [0, 0.05) is 5.92 Å². The maximum absolute atomic E-state index is 12.5. The summed E-state index contributed by atoms with van der Waals surface area (Å²) in [5, 5.41) is 5.34. The Morgan fingerprint density at radius 2 is 1.11 bits per heavy atom. The average Bonchev–Trinajstić information content (AvgIpc) is 2.70. The first-order valence-electron chi connectivity index (χ1n) is 9.42. The fraction of sp³-hybridized carbons (Fsp3) is 0.160. The van der Waals surface area contributed by atoms with Gasteiger partial charge in [-0.05, 0) is 62.9 Å². The van der Waals surface area contributed by atoms with Crippen molar-refractivity contribution in [2.24, 2.45) is 0 Å². The van der Waals surface area contributed by atoms with Crippen molar-refractivity contribution in [3.05, 3.63) is 95.1 Å². The molecule has 1 nitrogen and oxygen atoms in total. The van der Waals surface area contributed by atoms with Crippen LogP contribution in [0.5, 0.6) is 0 Å². The summed E-state index contributed by atoms with van der Waals surface area (Å²) in [4.78, 5) is 12.5. The Morgan fingerprint density at radius 1 is 0.704 bits per heavy atom. The van der Waals surface area contributed by atoms with Crippen LogP contribution in [-0.2, 0) is 4.79 Å². The van der Waals surface area contributed by atoms with E-state index in [4.69, 9.17) is 0 Å². The fourth-order valence-electron chi connectivity index (χ4n) is 4.91. The Balaban J connectivity index is 1.69. The summed E-state index contributed by atoms with van der Waals surface area (Å²) in [6.07, 6.45) is 0. The lowest BCUT2D eigenvalue weighted by atomic mass is 9.73. The molecule has 130 valence electrons. The molecule has 1 aliphatic carbocycles. The molecular weight excluding hydrogens is 348 g/mol. The fourth-order valence-corrected chi connectivity index (χ4v) is 6.54. The molecule has 0 aromatic heterocycles. The molecule has 0 spiro atoms. The van der Waals surface area contributed by atoms with Gasteiger partial charge in [-0.25, -0.2) is 0 Å². The number of fused-ring (bicyclic) bond motifs is 3. The zero-order valence-electron chi connectivity index (χ0n) is 15.0. The highest BCUT2D eigenvalue weighted by molar-refractivity contribution is 8.01. The third-order valence-electron chi connectivity index (χ3n) is 6.12. The SMILES string of the molecule is CC(=O)C1SC2c3cc4ccccc4cc3C1c1cc3ccccc3cc12. The molecule has 0 N–H and O–H groups in total. The van der Waals surface area contributed by atoms with Gasteiger partial charge in [0.1, 0.15) is 5.78 Å². The first kappa shape index (κ1) is 15.5. The van der Waals surface area contributed by atoms with Crippen molar-refractivity contribution in [1.29, 1.82) is 0 Å². The number of ketones is 1. The van der Waals surface area contributed by atoms with E-state index in [0.717, 1.165) is 0 Å². The predicted molar refractivity (Wildman–Crippen MR) is 114 cm³/mol. The lowest BCUT2D eigenvalue weighted by Gasteiger charge is -2.44. The van der Waals surface area contributed by atoms with Gasteiger partial charge in [0.25, 0.3) is 0 Å². The molecule has 4 aromatic rings. The summed E-state index contributed by atoms with van der Waals surface area (Å²) in [6, 6.07) is 26.5. The lowest BCUT2D eigenvalue weighted by Crippen LogP contribution is -2.35. The van der Waals surface area contributed by atoms with Crippen molar-refractivity contribution in [2.45, 2.75) is 23.3 Å². The van der Waals surface area contributed by atoms with Crippen molar-refractivity contribution < 1.29 is 4.79 Å². The third-order valence-corrected chi connectivity index (χ3v) is 7.80. The lowest BCUT2D eigenvalue weighted by molar-refractivity contribution is -0.116. The molecule has 7 rings (SSSR count). The largest absolute Gasteiger partial charge is 0.299 e. The molecule has 2 heterocycles. The highest BCUT2D eigenvalue weighted by Crippen LogP contribution is 2.60. The van der Waals surface area contributed by atoms with Gasteiger partial charge in [0.2, 0.25) is 0 Å². The van der Waals surface area contributed by atoms with Crippen LogP contribution in [0.4, 0.5) is 0 Å². The summed E-state index contributed by atoms with van der Waals surface area (Å²) in [5.41, 5.74) is 5.48. The van der Waals surface area contributed by atoms with Crippen LogP contribution in [0.1, 0.15) is 40.3 Å². The highest BCUT2D eigenvalue weighted by atomic mass is 32.2. The van der Waals surface area contributed by atoms with Crippen LogP contribution in [0.15, 0.2) is 72.8 Å². The monoisotopic (exact) mass is 366 g/mol. The Morgan fingerprint density at radius 3 is 1.52 bits per heavy atom. The molecule has 3 aliphatic rings. The van der Waals surface area contributed by atoms with Gasteiger partial charge in [0.15, 0.2) is 0 Å². The molecule has 2 heteroatoms. The normalized spacial score (nSPS) is 22.6. The smallest absolute Gasteiger partial charge is 0.143 e. The van der Waals surface area contributed by atoms with Crippen molar-refractivity contribution in [2.75, 3.05) is 0 Å². The van der Waals surface area contributed by atoms with Gasteiger partial charge >= 0.3 is 0 Å². The predicted octanol–water partition coefficient (Wildman–Crippen LogP) is 6.23. The second kappa shape index (κ2) is 5.46. The minimum absolute atomic E-state index is 0.0114. The van der Waals surface area contributed by atoms with E-state index in [1.54, 1.807) is 6.92 Å². The summed E-state index contributed by atoms with van der Waals surface area (Å²) in [7, 11) is 0. The first-order valence-corrected chi connectivity index (χ1v) is 10.4. The standard InChI is InChI=1S/C25H18OS/c1-14(26)24-23-19-10-15-6-2-4-8-17(15)12-21(19)25(27-24)22-13-18-9-5-3-7-16(18)11-20(22)23/h2-13,23-25H,1H3. The van der Waals surface area contributed by atoms with Crippen molar-refractivity contribution in [3.8, 4) is 0 Å². The van der Waals surface area contributed by atoms with Gasteiger partial charge in [-0.2, -0.15) is 0 Å². The molecule has 0 saturated heterocycles. The molecule has 1 unspecified atom stereocenters. The van der Waals surface area contributed by atoms with Crippen LogP contribution in [0.2, 0.25) is 0 Å². The molecule has 0 fully saturated rings. The second-order valence-electron chi connectivity index (χ2n) is 7.68. The maximum atomic E-state index is 12.5. The van der Waals surface area contributed by atoms with E-state index in [1.165, 1.54) is 43.8 Å². The number of carbonyl (C=O) groups is 1. The molecule has 1 atom stereocenters. The molecule has 0 amide bonds. The van der Waals surface area contributed by atoms with Gasteiger partial charge < -0.3 is 0 Å². The molecule has 2 bridgehead atoms. The maximum Gasteiger partial charge on any atom is 0.143 e. The van der Waals surface area contributed by atoms with E-state index in [0.29, 0.717) is 0 Å². The van der Waals surface area contributed by atoms with E-state index < -0.39 is 0 Å². The van der Waals surface area contributed by atoms with Gasteiger partial charge in [-0.1, -0.05) is 60.7 Å². The van der Waals surface area contributed by atoms with E-state index in [9.17, 15) is 4.79 Å². The van der Waals surface area contributed by atoms with E-state index in [2.05, 4.69) is 72.8 Å². The zero-order chi connectivity index (χ0) is 18.1. The number of hydrogen-bond donors (Lipinski definition) is 0. The summed E-state index contributed by atoms with van der Waals surface area (Å²) in [6.45, 7) is 1.75. The Kier molecular flexibility index (Phi) is 3.13. The van der Waals surface area contributed by atoms with Crippen LogP contribution in [0.3, 0.4) is 0 Å². The minimum Gasteiger partial charge on any atom is -0.299 e. The second-order valence-corrected chi connectivity index (χ2v) is 8.93. The van der Waals surface area contributed by atoms with E-state index in [1.807, 2.05) is 11.8 Å². The molecule has 0 saturated carbocycles. The number of rotatable bonds is 1. The average molecular weight is 366 g/mol. The van der Waals surface area contributed by atoms with Crippen LogP contribution >= 0.6 is 11.8 Å². The van der Waals surface area contributed by atoms with Crippen LogP contribution in [0, 0.1) is 0 Å². The number of carbonyl (C=O) groups excluding carboxylic acids is 1. The molecule has 0 radical (unpaired) electrons. The number of Topliss-reactive ketones (excluding diaryl/α,β-unsaturated/α-hetero) is 1. The van der Waals surface area contributed by atoms with Crippen LogP contribution < -0.4 is 0 Å².